The molecule has 1 heterocycles. The fraction of sp³-hybridized carbons (Fsp3) is 0.167. The predicted molar refractivity (Wildman–Crippen MR) is 64.9 cm³/mol. The molecule has 1 aromatic heterocycles. The number of H-pyrrole nitrogens is 1. The lowest BCUT2D eigenvalue weighted by Gasteiger charge is -2.07. The first-order valence-corrected chi connectivity index (χ1v) is 5.27. The van der Waals surface area contributed by atoms with Crippen LogP contribution < -0.4 is 16.0 Å². The lowest BCUT2D eigenvalue weighted by atomic mass is 10.3. The zero-order valence-electron chi connectivity index (χ0n) is 9.22. The molecule has 5 nitrogen and oxygen atoms in total. The van der Waals surface area contributed by atoms with Crippen LogP contribution in [0.1, 0.15) is 5.82 Å². The molecule has 0 atom stereocenters. The quantitative estimate of drug-likeness (QED) is 0.768. The van der Waals surface area contributed by atoms with Crippen LogP contribution in [0.25, 0.3) is 0 Å². The SMILES string of the molecule is Nc1ccccc1OCCc1nccc(=O)[nH]1. The van der Waals surface area contributed by atoms with Gasteiger partial charge in [-0.25, -0.2) is 4.98 Å². The van der Waals surface area contributed by atoms with E-state index in [0.717, 1.165) is 0 Å². The highest BCUT2D eigenvalue weighted by atomic mass is 16.5. The molecule has 2 aromatic rings. The summed E-state index contributed by atoms with van der Waals surface area (Å²) in [6.45, 7) is 0.418. The van der Waals surface area contributed by atoms with Gasteiger partial charge >= 0.3 is 0 Å². The second kappa shape index (κ2) is 5.16. The van der Waals surface area contributed by atoms with Crippen molar-refractivity contribution >= 4 is 5.69 Å². The predicted octanol–water partition coefficient (Wildman–Crippen LogP) is 0.974. The number of nitrogen functional groups attached to an aromatic ring is 1. The Morgan fingerprint density at radius 3 is 2.88 bits per heavy atom. The Morgan fingerprint density at radius 1 is 1.29 bits per heavy atom. The third kappa shape index (κ3) is 3.07. The number of para-hydroxylation sites is 2. The van der Waals surface area contributed by atoms with Crippen LogP contribution in [0.15, 0.2) is 41.3 Å². The van der Waals surface area contributed by atoms with Crippen molar-refractivity contribution in [1.82, 2.24) is 9.97 Å². The first kappa shape index (κ1) is 11.2. The van der Waals surface area contributed by atoms with Crippen LogP contribution in [0, 0.1) is 0 Å². The van der Waals surface area contributed by atoms with E-state index in [-0.39, 0.29) is 5.56 Å². The van der Waals surface area contributed by atoms with Gasteiger partial charge in [-0.3, -0.25) is 4.79 Å². The lowest BCUT2D eigenvalue weighted by Crippen LogP contribution is -2.12. The van der Waals surface area contributed by atoms with E-state index >= 15 is 0 Å². The normalized spacial score (nSPS) is 10.1. The smallest absolute Gasteiger partial charge is 0.250 e. The Bertz CT molecular complexity index is 551. The Balaban J connectivity index is 1.92. The summed E-state index contributed by atoms with van der Waals surface area (Å²) in [5.41, 5.74) is 6.17. The molecule has 0 radical (unpaired) electrons. The minimum atomic E-state index is -0.158. The van der Waals surface area contributed by atoms with E-state index in [1.807, 2.05) is 12.1 Å². The maximum Gasteiger partial charge on any atom is 0.250 e. The number of hydrogen-bond donors (Lipinski definition) is 2. The molecule has 0 saturated carbocycles. The van der Waals surface area contributed by atoms with Crippen LogP contribution in [-0.2, 0) is 6.42 Å². The van der Waals surface area contributed by atoms with E-state index in [9.17, 15) is 4.79 Å². The standard InChI is InChI=1S/C12H13N3O2/c13-9-3-1-2-4-10(9)17-8-6-11-14-7-5-12(16)15-11/h1-5,7H,6,8,13H2,(H,14,15,16). The maximum absolute atomic E-state index is 11.0. The molecule has 0 bridgehead atoms. The molecule has 0 aliphatic rings. The first-order chi connectivity index (χ1) is 8.25. The van der Waals surface area contributed by atoms with Gasteiger partial charge in [-0.05, 0) is 12.1 Å². The number of nitrogens with zero attached hydrogens (tertiary/aromatic N) is 1. The van der Waals surface area contributed by atoms with Crippen molar-refractivity contribution in [3.63, 3.8) is 0 Å². The number of aromatic amines is 1. The largest absolute Gasteiger partial charge is 0.491 e. The average molecular weight is 231 g/mol. The molecule has 0 aliphatic carbocycles. The molecule has 17 heavy (non-hydrogen) atoms. The molecule has 0 spiro atoms. The number of ether oxygens (including phenoxy) is 1. The van der Waals surface area contributed by atoms with E-state index in [2.05, 4.69) is 9.97 Å². The van der Waals surface area contributed by atoms with E-state index in [1.54, 1.807) is 12.1 Å². The van der Waals surface area contributed by atoms with E-state index in [0.29, 0.717) is 30.3 Å². The number of nitrogens with two attached hydrogens (primary N) is 1. The van der Waals surface area contributed by atoms with Crippen molar-refractivity contribution in [2.24, 2.45) is 0 Å². The highest BCUT2D eigenvalue weighted by Gasteiger charge is 2.00. The maximum atomic E-state index is 11.0. The zero-order chi connectivity index (χ0) is 12.1. The van der Waals surface area contributed by atoms with Gasteiger partial charge in [-0.1, -0.05) is 12.1 Å². The van der Waals surface area contributed by atoms with Gasteiger partial charge in [0.15, 0.2) is 0 Å². The molecule has 88 valence electrons. The van der Waals surface area contributed by atoms with Crippen molar-refractivity contribution in [1.29, 1.82) is 0 Å². The summed E-state index contributed by atoms with van der Waals surface area (Å²) in [5, 5.41) is 0. The van der Waals surface area contributed by atoms with Gasteiger partial charge in [0.05, 0.1) is 12.3 Å². The summed E-state index contributed by atoms with van der Waals surface area (Å²) < 4.78 is 5.49. The summed E-state index contributed by atoms with van der Waals surface area (Å²) in [6, 6.07) is 8.65. The summed E-state index contributed by atoms with van der Waals surface area (Å²) in [7, 11) is 0. The monoisotopic (exact) mass is 231 g/mol. The number of rotatable bonds is 4. The first-order valence-electron chi connectivity index (χ1n) is 5.27. The number of aromatic nitrogens is 2. The molecule has 0 fully saturated rings. The van der Waals surface area contributed by atoms with Gasteiger partial charge in [-0.15, -0.1) is 0 Å². The zero-order valence-corrected chi connectivity index (χ0v) is 9.22. The number of benzene rings is 1. The van der Waals surface area contributed by atoms with Crippen LogP contribution in [0.4, 0.5) is 5.69 Å². The van der Waals surface area contributed by atoms with Crippen LogP contribution in [0.2, 0.25) is 0 Å². The number of nitrogens with one attached hydrogen (secondary N) is 1. The van der Waals surface area contributed by atoms with Crippen molar-refractivity contribution in [2.45, 2.75) is 6.42 Å². The van der Waals surface area contributed by atoms with Gasteiger partial charge in [0.25, 0.3) is 5.56 Å². The minimum absolute atomic E-state index is 0.158. The molecule has 0 aliphatic heterocycles. The van der Waals surface area contributed by atoms with E-state index in [4.69, 9.17) is 10.5 Å². The summed E-state index contributed by atoms with van der Waals surface area (Å²) in [4.78, 5) is 17.7. The fourth-order valence-electron chi connectivity index (χ4n) is 1.41. The molecule has 3 N–H and O–H groups in total. The molecule has 0 amide bonds. The molecular formula is C12H13N3O2. The number of anilines is 1. The molecule has 0 unspecified atom stereocenters. The van der Waals surface area contributed by atoms with Gasteiger partial charge in [0, 0.05) is 18.7 Å². The molecule has 5 heteroatoms. The Hall–Kier alpha value is -2.30. The average Bonchev–Trinajstić information content (AvgIpc) is 2.32. The summed E-state index contributed by atoms with van der Waals surface area (Å²) in [6.07, 6.45) is 2.01. The molecule has 0 saturated heterocycles. The van der Waals surface area contributed by atoms with Gasteiger partial charge in [-0.2, -0.15) is 0 Å². The van der Waals surface area contributed by atoms with Crippen molar-refractivity contribution < 1.29 is 4.74 Å². The topological polar surface area (TPSA) is 81.0 Å². The molecular weight excluding hydrogens is 218 g/mol. The molecule has 1 aromatic carbocycles. The van der Waals surface area contributed by atoms with Crippen molar-refractivity contribution in [3.05, 3.63) is 52.7 Å². The van der Waals surface area contributed by atoms with Crippen molar-refractivity contribution in [3.8, 4) is 5.75 Å². The van der Waals surface area contributed by atoms with Crippen molar-refractivity contribution in [2.75, 3.05) is 12.3 Å². The third-order valence-corrected chi connectivity index (χ3v) is 2.24. The third-order valence-electron chi connectivity index (χ3n) is 2.24. The van der Waals surface area contributed by atoms with Gasteiger partial charge < -0.3 is 15.5 Å². The second-order valence-corrected chi connectivity index (χ2v) is 3.52. The highest BCUT2D eigenvalue weighted by Crippen LogP contribution is 2.19. The lowest BCUT2D eigenvalue weighted by molar-refractivity contribution is 0.320. The highest BCUT2D eigenvalue weighted by molar-refractivity contribution is 5.51. The second-order valence-electron chi connectivity index (χ2n) is 3.52. The Morgan fingerprint density at radius 2 is 2.12 bits per heavy atom. The Labute approximate surface area is 98.3 Å². The van der Waals surface area contributed by atoms with Crippen LogP contribution in [0.5, 0.6) is 5.75 Å². The Kier molecular flexibility index (Phi) is 3.40. The fourth-order valence-corrected chi connectivity index (χ4v) is 1.41. The minimum Gasteiger partial charge on any atom is -0.491 e. The van der Waals surface area contributed by atoms with Crippen LogP contribution >= 0.6 is 0 Å². The van der Waals surface area contributed by atoms with Crippen LogP contribution in [0.3, 0.4) is 0 Å². The molecule has 2 rings (SSSR count). The van der Waals surface area contributed by atoms with E-state index < -0.39 is 0 Å². The number of hydrogen-bond acceptors (Lipinski definition) is 4. The van der Waals surface area contributed by atoms with Gasteiger partial charge in [0.2, 0.25) is 0 Å². The summed E-state index contributed by atoms with van der Waals surface area (Å²) >= 11 is 0. The van der Waals surface area contributed by atoms with Gasteiger partial charge in [0.1, 0.15) is 11.6 Å². The summed E-state index contributed by atoms with van der Waals surface area (Å²) in [5.74, 6) is 1.25. The van der Waals surface area contributed by atoms with Crippen LogP contribution in [-0.4, -0.2) is 16.6 Å². The van der Waals surface area contributed by atoms with E-state index in [1.165, 1.54) is 12.3 Å².